The van der Waals surface area contributed by atoms with Gasteiger partial charge in [0.1, 0.15) is 12.4 Å². The third kappa shape index (κ3) is 0.988. The van der Waals surface area contributed by atoms with E-state index in [0.717, 1.165) is 5.75 Å². The van der Waals surface area contributed by atoms with E-state index in [2.05, 4.69) is 35.7 Å². The number of thiophene rings is 1. The summed E-state index contributed by atoms with van der Waals surface area (Å²) in [4.78, 5) is 0. The highest BCUT2D eigenvalue weighted by Gasteiger charge is 2.09. The van der Waals surface area contributed by atoms with E-state index in [1.165, 1.54) is 15.6 Å². The first-order valence-corrected chi connectivity index (χ1v) is 5.13. The number of benzene rings is 1. The molecule has 1 nitrogen and oxygen atoms in total. The van der Waals surface area contributed by atoms with Gasteiger partial charge in [-0.15, -0.1) is 11.3 Å². The second-order valence-electron chi connectivity index (χ2n) is 3.02. The van der Waals surface area contributed by atoms with Crippen molar-refractivity contribution in [3.63, 3.8) is 0 Å². The molecule has 1 aliphatic heterocycles. The highest BCUT2D eigenvalue weighted by molar-refractivity contribution is 7.17. The van der Waals surface area contributed by atoms with Crippen molar-refractivity contribution in [3.8, 4) is 5.75 Å². The molecule has 0 spiro atoms. The minimum Gasteiger partial charge on any atom is -0.489 e. The molecule has 3 rings (SSSR count). The maximum Gasteiger partial charge on any atom is 0.127 e. The van der Waals surface area contributed by atoms with Crippen LogP contribution in [0.15, 0.2) is 29.7 Å². The minimum absolute atomic E-state index is 0.697. The lowest BCUT2D eigenvalue weighted by molar-refractivity contribution is 0.359. The Hall–Kier alpha value is -1.28. The Balaban J connectivity index is 2.43. The summed E-state index contributed by atoms with van der Waals surface area (Å²) in [6.45, 7) is 0.697. The molecule has 2 heterocycles. The molecule has 0 amide bonds. The molecule has 0 saturated heterocycles. The SMILES string of the molecule is C1=Cc2c(ccc3sccc23)OC1. The zero-order valence-electron chi connectivity index (χ0n) is 6.99. The predicted octanol–water partition coefficient (Wildman–Crippen LogP) is 3.31. The van der Waals surface area contributed by atoms with Crippen molar-refractivity contribution in [3.05, 3.63) is 35.2 Å². The van der Waals surface area contributed by atoms with Crippen molar-refractivity contribution < 1.29 is 4.74 Å². The summed E-state index contributed by atoms with van der Waals surface area (Å²) in [5, 5.41) is 3.42. The van der Waals surface area contributed by atoms with E-state index in [0.29, 0.717) is 6.61 Å². The lowest BCUT2D eigenvalue weighted by Gasteiger charge is -2.12. The summed E-state index contributed by atoms with van der Waals surface area (Å²) >= 11 is 1.77. The number of hydrogen-bond acceptors (Lipinski definition) is 2. The molecule has 0 unspecified atom stereocenters. The predicted molar refractivity (Wildman–Crippen MR) is 56.4 cm³/mol. The van der Waals surface area contributed by atoms with Gasteiger partial charge in [0.05, 0.1) is 0 Å². The fourth-order valence-corrected chi connectivity index (χ4v) is 2.45. The van der Waals surface area contributed by atoms with Crippen LogP contribution in [0.4, 0.5) is 0 Å². The van der Waals surface area contributed by atoms with Gasteiger partial charge in [-0.1, -0.05) is 6.08 Å². The third-order valence-corrected chi connectivity index (χ3v) is 3.14. The van der Waals surface area contributed by atoms with Crippen LogP contribution in [-0.4, -0.2) is 6.61 Å². The van der Waals surface area contributed by atoms with Gasteiger partial charge in [0, 0.05) is 15.6 Å². The Bertz CT molecular complexity index is 482. The first-order chi connectivity index (χ1) is 6.45. The molecule has 0 radical (unpaired) electrons. The zero-order chi connectivity index (χ0) is 8.67. The summed E-state index contributed by atoms with van der Waals surface area (Å²) in [6.07, 6.45) is 4.20. The molecule has 0 N–H and O–H groups in total. The van der Waals surface area contributed by atoms with Crippen molar-refractivity contribution in [2.75, 3.05) is 6.61 Å². The maximum absolute atomic E-state index is 5.52. The van der Waals surface area contributed by atoms with Crippen molar-refractivity contribution >= 4 is 27.5 Å². The smallest absolute Gasteiger partial charge is 0.127 e. The quantitative estimate of drug-likeness (QED) is 0.616. The van der Waals surface area contributed by atoms with Crippen LogP contribution in [0.1, 0.15) is 5.56 Å². The van der Waals surface area contributed by atoms with E-state index in [1.807, 2.05) is 0 Å². The van der Waals surface area contributed by atoms with Crippen molar-refractivity contribution in [2.24, 2.45) is 0 Å². The molecule has 64 valence electrons. The van der Waals surface area contributed by atoms with Crippen LogP contribution in [0.5, 0.6) is 5.75 Å². The van der Waals surface area contributed by atoms with E-state index in [-0.39, 0.29) is 0 Å². The standard InChI is InChI=1S/C11H8OS/c1-2-8-9-5-7-13-11(9)4-3-10(8)12-6-1/h1-5,7H,6H2. The minimum atomic E-state index is 0.697. The molecule has 0 bridgehead atoms. The average Bonchev–Trinajstić information content (AvgIpc) is 2.65. The van der Waals surface area contributed by atoms with Crippen molar-refractivity contribution in [1.29, 1.82) is 0 Å². The van der Waals surface area contributed by atoms with Crippen LogP contribution in [0.3, 0.4) is 0 Å². The normalized spacial score (nSPS) is 14.2. The third-order valence-electron chi connectivity index (χ3n) is 2.26. The Morgan fingerprint density at radius 2 is 2.23 bits per heavy atom. The van der Waals surface area contributed by atoms with E-state index >= 15 is 0 Å². The van der Waals surface area contributed by atoms with Gasteiger partial charge in [-0.3, -0.25) is 0 Å². The molecule has 1 aromatic carbocycles. The maximum atomic E-state index is 5.52. The van der Waals surface area contributed by atoms with Crippen LogP contribution in [0.2, 0.25) is 0 Å². The van der Waals surface area contributed by atoms with Gasteiger partial charge in [0.25, 0.3) is 0 Å². The van der Waals surface area contributed by atoms with E-state index in [4.69, 9.17) is 4.74 Å². The lowest BCUT2D eigenvalue weighted by Crippen LogP contribution is -1.99. The van der Waals surface area contributed by atoms with Crippen LogP contribution in [0, 0.1) is 0 Å². The summed E-state index contributed by atoms with van der Waals surface area (Å²) in [5.41, 5.74) is 1.23. The molecular formula is C11H8OS. The lowest BCUT2D eigenvalue weighted by atomic mass is 10.1. The van der Waals surface area contributed by atoms with Crippen molar-refractivity contribution in [1.82, 2.24) is 0 Å². The van der Waals surface area contributed by atoms with E-state index in [9.17, 15) is 0 Å². The van der Waals surface area contributed by atoms with Crippen LogP contribution >= 0.6 is 11.3 Å². The molecule has 13 heavy (non-hydrogen) atoms. The van der Waals surface area contributed by atoms with Crippen LogP contribution in [0.25, 0.3) is 16.2 Å². The van der Waals surface area contributed by atoms with Gasteiger partial charge >= 0.3 is 0 Å². The molecular weight excluding hydrogens is 180 g/mol. The second kappa shape index (κ2) is 2.60. The van der Waals surface area contributed by atoms with Gasteiger partial charge in [-0.2, -0.15) is 0 Å². The number of fused-ring (bicyclic) bond motifs is 3. The van der Waals surface area contributed by atoms with Gasteiger partial charge in [0.2, 0.25) is 0 Å². The summed E-state index contributed by atoms with van der Waals surface area (Å²) in [6, 6.07) is 6.33. The Kier molecular flexibility index (Phi) is 1.43. The number of rotatable bonds is 0. The first-order valence-electron chi connectivity index (χ1n) is 4.25. The molecule has 0 saturated carbocycles. The number of hydrogen-bond donors (Lipinski definition) is 0. The van der Waals surface area contributed by atoms with Gasteiger partial charge in [0.15, 0.2) is 0 Å². The monoisotopic (exact) mass is 188 g/mol. The fourth-order valence-electron chi connectivity index (χ4n) is 1.65. The molecule has 2 aromatic rings. The number of ether oxygens (including phenoxy) is 1. The van der Waals surface area contributed by atoms with Gasteiger partial charge in [-0.05, 0) is 29.7 Å². The molecule has 1 aromatic heterocycles. The molecule has 1 aliphatic rings. The summed E-state index contributed by atoms with van der Waals surface area (Å²) in [7, 11) is 0. The van der Waals surface area contributed by atoms with Crippen LogP contribution < -0.4 is 4.74 Å². The summed E-state index contributed by atoms with van der Waals surface area (Å²) in [5.74, 6) is 1.01. The molecule has 0 aliphatic carbocycles. The molecule has 0 fully saturated rings. The first kappa shape index (κ1) is 7.15. The summed E-state index contributed by atoms with van der Waals surface area (Å²) < 4.78 is 6.85. The highest BCUT2D eigenvalue weighted by Crippen LogP contribution is 2.33. The highest BCUT2D eigenvalue weighted by atomic mass is 32.1. The second-order valence-corrected chi connectivity index (χ2v) is 3.97. The topological polar surface area (TPSA) is 9.23 Å². The van der Waals surface area contributed by atoms with E-state index in [1.54, 1.807) is 11.3 Å². The Morgan fingerprint density at radius 1 is 1.23 bits per heavy atom. The Labute approximate surface area is 80.3 Å². The largest absolute Gasteiger partial charge is 0.489 e. The van der Waals surface area contributed by atoms with Crippen molar-refractivity contribution in [2.45, 2.75) is 0 Å². The molecule has 0 atom stereocenters. The fraction of sp³-hybridized carbons (Fsp3) is 0.0909. The Morgan fingerprint density at radius 3 is 3.23 bits per heavy atom. The zero-order valence-corrected chi connectivity index (χ0v) is 7.80. The van der Waals surface area contributed by atoms with Gasteiger partial charge < -0.3 is 4.74 Å². The average molecular weight is 188 g/mol. The molecule has 2 heteroatoms. The van der Waals surface area contributed by atoms with Crippen LogP contribution in [-0.2, 0) is 0 Å². The van der Waals surface area contributed by atoms with Gasteiger partial charge in [-0.25, -0.2) is 0 Å². The van der Waals surface area contributed by atoms with E-state index < -0.39 is 0 Å².